The normalized spacial score (nSPS) is 12.7. The first kappa shape index (κ1) is 27.6. The summed E-state index contributed by atoms with van der Waals surface area (Å²) in [6.45, 7) is 1.78. The molecule has 0 aliphatic heterocycles. The highest BCUT2D eigenvalue weighted by Gasteiger charge is 2.27. The van der Waals surface area contributed by atoms with Crippen LogP contribution in [0.2, 0.25) is 0 Å². The van der Waals surface area contributed by atoms with Crippen LogP contribution < -0.4 is 16.4 Å². The van der Waals surface area contributed by atoms with Crippen LogP contribution in [-0.4, -0.2) is 23.4 Å². The van der Waals surface area contributed by atoms with Crippen LogP contribution in [0.1, 0.15) is 18.6 Å². The minimum atomic E-state index is -0.907. The number of rotatable bonds is 8. The molecular weight excluding hydrogens is 610 g/mol. The van der Waals surface area contributed by atoms with Crippen molar-refractivity contribution < 1.29 is 19.4 Å². The van der Waals surface area contributed by atoms with Crippen LogP contribution in [0.5, 0.6) is 5.75 Å². The summed E-state index contributed by atoms with van der Waals surface area (Å²) in [4.78, 5) is 26.3. The number of ether oxygens (including phenoxy) is 1. The molecule has 5 N–H and O–H groups in total. The number of phenols is 1. The molecule has 2 atom stereocenters. The van der Waals surface area contributed by atoms with Gasteiger partial charge in [0.05, 0.1) is 15.8 Å². The number of carbonyl (C=O) groups is 2. The van der Waals surface area contributed by atoms with Crippen molar-refractivity contribution in [2.75, 3.05) is 22.6 Å². The smallest absolute Gasteiger partial charge is 0.412 e. The third kappa shape index (κ3) is 7.52. The van der Waals surface area contributed by atoms with Gasteiger partial charge >= 0.3 is 6.09 Å². The summed E-state index contributed by atoms with van der Waals surface area (Å²) in [5, 5.41) is 16.1. The molecule has 2 amide bonds. The molecule has 0 bridgehead atoms. The summed E-state index contributed by atoms with van der Waals surface area (Å²) in [6.07, 6.45) is 3.31. The van der Waals surface area contributed by atoms with Crippen LogP contribution in [0.3, 0.4) is 0 Å². The average molecular weight is 635 g/mol. The molecule has 0 aliphatic rings. The van der Waals surface area contributed by atoms with Gasteiger partial charge < -0.3 is 20.9 Å². The van der Waals surface area contributed by atoms with Gasteiger partial charge in [-0.15, -0.1) is 11.8 Å². The Labute approximate surface area is 230 Å². The minimum Gasteiger partial charge on any atom is -0.506 e. The number of amides is 2. The van der Waals surface area contributed by atoms with Gasteiger partial charge in [-0.3, -0.25) is 10.1 Å². The molecule has 0 aliphatic carbocycles. The number of nitrogens with two attached hydrogens (primary N) is 1. The molecule has 0 spiro atoms. The highest BCUT2D eigenvalue weighted by Crippen LogP contribution is 2.40. The molecule has 0 fully saturated rings. The molecule has 188 valence electrons. The largest absolute Gasteiger partial charge is 0.506 e. The highest BCUT2D eigenvalue weighted by atomic mass is 79.9. The van der Waals surface area contributed by atoms with Gasteiger partial charge in [0.15, 0.2) is 0 Å². The van der Waals surface area contributed by atoms with Crippen molar-refractivity contribution >= 4 is 72.7 Å². The second kappa shape index (κ2) is 12.8. The Hall–Kier alpha value is -2.95. The summed E-state index contributed by atoms with van der Waals surface area (Å²) in [5.74, 6) is -0.945. The van der Waals surface area contributed by atoms with Crippen LogP contribution in [0.15, 0.2) is 86.7 Å². The Kier molecular flexibility index (Phi) is 9.86. The van der Waals surface area contributed by atoms with E-state index in [2.05, 4.69) is 42.5 Å². The fourth-order valence-corrected chi connectivity index (χ4v) is 4.99. The maximum atomic E-state index is 12.8. The number of nitrogens with one attached hydrogen (secondary N) is 2. The van der Waals surface area contributed by atoms with Crippen LogP contribution in [-0.2, 0) is 9.53 Å². The number of benzene rings is 3. The minimum absolute atomic E-state index is 0.0675. The van der Waals surface area contributed by atoms with Gasteiger partial charge in [0.1, 0.15) is 11.9 Å². The third-order valence-corrected chi connectivity index (χ3v) is 6.99. The van der Waals surface area contributed by atoms with Crippen molar-refractivity contribution in [1.82, 2.24) is 0 Å². The van der Waals surface area contributed by atoms with E-state index in [4.69, 9.17) is 10.5 Å². The summed E-state index contributed by atoms with van der Waals surface area (Å²) in [5.41, 5.74) is 7.76. The van der Waals surface area contributed by atoms with Crippen molar-refractivity contribution in [2.24, 2.45) is 5.92 Å². The average Bonchev–Trinajstić information content (AvgIpc) is 2.85. The van der Waals surface area contributed by atoms with Crippen LogP contribution in [0, 0.1) is 5.92 Å². The van der Waals surface area contributed by atoms with E-state index >= 15 is 0 Å². The number of carbonyl (C=O) groups excluding carboxylic acids is 2. The summed E-state index contributed by atoms with van der Waals surface area (Å²) < 4.78 is 6.87. The first-order chi connectivity index (χ1) is 17.2. The van der Waals surface area contributed by atoms with Gasteiger partial charge in [0.2, 0.25) is 5.91 Å². The van der Waals surface area contributed by atoms with Crippen LogP contribution >= 0.6 is 43.6 Å². The fourth-order valence-electron chi connectivity index (χ4n) is 3.32. The molecule has 0 radical (unpaired) electrons. The lowest BCUT2D eigenvalue weighted by Crippen LogP contribution is -2.22. The van der Waals surface area contributed by atoms with Gasteiger partial charge in [-0.25, -0.2) is 4.79 Å². The van der Waals surface area contributed by atoms with E-state index in [1.807, 2.05) is 18.4 Å². The molecular formula is C26H25Br2N3O4S. The zero-order chi connectivity index (χ0) is 26.2. The number of anilines is 3. The maximum Gasteiger partial charge on any atom is 0.412 e. The van der Waals surface area contributed by atoms with Crippen molar-refractivity contribution in [2.45, 2.75) is 17.9 Å². The Bertz CT molecular complexity index is 1270. The Morgan fingerprint density at radius 3 is 2.44 bits per heavy atom. The second-order valence-electron chi connectivity index (χ2n) is 7.80. The molecule has 7 nitrogen and oxygen atoms in total. The summed E-state index contributed by atoms with van der Waals surface area (Å²) >= 11 is 8.33. The first-order valence-electron chi connectivity index (χ1n) is 10.8. The molecule has 0 saturated heterocycles. The maximum absolute atomic E-state index is 12.8. The van der Waals surface area contributed by atoms with Crippen LogP contribution in [0.4, 0.5) is 21.9 Å². The van der Waals surface area contributed by atoms with Gasteiger partial charge in [-0.1, -0.05) is 41.1 Å². The number of hydrogen-bond acceptors (Lipinski definition) is 6. The summed E-state index contributed by atoms with van der Waals surface area (Å²) in [7, 11) is 0. The van der Waals surface area contributed by atoms with E-state index in [9.17, 15) is 14.7 Å². The number of thioether (sulfide) groups is 1. The molecule has 36 heavy (non-hydrogen) atoms. The predicted molar refractivity (Wildman–Crippen MR) is 152 cm³/mol. The number of phenolic OH excluding ortho intramolecular Hbond substituents is 1. The second-order valence-corrected chi connectivity index (χ2v) is 10.4. The van der Waals surface area contributed by atoms with Crippen molar-refractivity contribution in [3.63, 3.8) is 0 Å². The molecule has 0 unspecified atom stereocenters. The lowest BCUT2D eigenvalue weighted by Gasteiger charge is -2.24. The zero-order valence-electron chi connectivity index (χ0n) is 19.5. The lowest BCUT2D eigenvalue weighted by molar-refractivity contribution is -0.111. The molecule has 0 heterocycles. The molecule has 0 aromatic heterocycles. The number of hydrogen-bond donors (Lipinski definition) is 4. The first-order valence-corrected chi connectivity index (χ1v) is 13.6. The fraction of sp³-hybridized carbons (Fsp3) is 0.154. The van der Waals surface area contributed by atoms with Crippen molar-refractivity contribution in [3.8, 4) is 5.75 Å². The number of para-hydroxylation sites is 2. The quantitative estimate of drug-likeness (QED) is 0.117. The van der Waals surface area contributed by atoms with Gasteiger partial charge in [0.25, 0.3) is 0 Å². The Balaban J connectivity index is 1.81. The third-order valence-electron chi connectivity index (χ3n) is 5.18. The van der Waals surface area contributed by atoms with E-state index in [1.165, 1.54) is 6.08 Å². The monoisotopic (exact) mass is 633 g/mol. The molecule has 3 aromatic rings. The van der Waals surface area contributed by atoms with E-state index < -0.39 is 24.0 Å². The number of aromatic hydroxyl groups is 1. The Morgan fingerprint density at radius 2 is 1.78 bits per heavy atom. The van der Waals surface area contributed by atoms with E-state index in [0.717, 1.165) is 4.90 Å². The molecule has 3 aromatic carbocycles. The summed E-state index contributed by atoms with van der Waals surface area (Å²) in [6, 6.07) is 17.6. The lowest BCUT2D eigenvalue weighted by atomic mass is 9.96. The zero-order valence-corrected chi connectivity index (χ0v) is 23.5. The van der Waals surface area contributed by atoms with Gasteiger partial charge in [0, 0.05) is 26.5 Å². The van der Waals surface area contributed by atoms with E-state index in [0.29, 0.717) is 31.6 Å². The van der Waals surface area contributed by atoms with Gasteiger partial charge in [-0.2, -0.15) is 0 Å². The molecule has 0 saturated carbocycles. The van der Waals surface area contributed by atoms with E-state index in [-0.39, 0.29) is 5.75 Å². The van der Waals surface area contributed by atoms with E-state index in [1.54, 1.807) is 73.3 Å². The van der Waals surface area contributed by atoms with Gasteiger partial charge in [-0.05, 0) is 76.8 Å². The number of halogens is 2. The predicted octanol–water partition coefficient (Wildman–Crippen LogP) is 7.34. The standard InChI is InChI=1S/C26H25Br2N3O4S/c1-15(7-12-23(32)31-22-6-4-3-5-21(22)29)25(19-13-16(27)14-20(28)24(19)33)35-26(34)30-17-8-10-18(36-2)11-9-17/h3-15,25,33H,29H2,1-2H3,(H,30,34)(H,31,32)/b12-7+/t15-,25+/m0/s1. The Morgan fingerprint density at radius 1 is 1.08 bits per heavy atom. The van der Waals surface area contributed by atoms with Crippen molar-refractivity contribution in [1.29, 1.82) is 0 Å². The molecule has 10 heteroatoms. The van der Waals surface area contributed by atoms with Crippen LogP contribution in [0.25, 0.3) is 0 Å². The topological polar surface area (TPSA) is 114 Å². The van der Waals surface area contributed by atoms with Crippen molar-refractivity contribution in [3.05, 3.63) is 87.3 Å². The molecule has 3 rings (SSSR count). The number of nitrogen functional groups attached to an aromatic ring is 1. The SMILES string of the molecule is CSc1ccc(NC(=O)O[C@@H](c2cc(Br)cc(Br)c2O)[C@@H](C)/C=C/C(=O)Nc2ccccc2N)cc1. The highest BCUT2D eigenvalue weighted by molar-refractivity contribution is 9.11.